The molecule has 0 fully saturated rings. The molecule has 0 bridgehead atoms. The Balaban J connectivity index is 1.80. The van der Waals surface area contributed by atoms with Gasteiger partial charge in [0.05, 0.1) is 6.54 Å². The molecule has 1 atom stereocenters. The third kappa shape index (κ3) is 2.42. The quantitative estimate of drug-likeness (QED) is 0.862. The molecule has 0 radical (unpaired) electrons. The fourth-order valence-electron chi connectivity index (χ4n) is 2.29. The number of anilines is 1. The summed E-state index contributed by atoms with van der Waals surface area (Å²) in [7, 11) is 0. The Hall–Kier alpha value is -2.37. The van der Waals surface area contributed by atoms with Crippen LogP contribution in [0.4, 0.5) is 5.95 Å². The Kier molecular flexibility index (Phi) is 2.91. The zero-order valence-electron chi connectivity index (χ0n) is 10.3. The molecule has 2 heterocycles. The summed E-state index contributed by atoms with van der Waals surface area (Å²) in [5.74, 6) is 0.419. The second-order valence-corrected chi connectivity index (χ2v) is 4.59. The highest BCUT2D eigenvalue weighted by Gasteiger charge is 2.22. The third-order valence-electron chi connectivity index (χ3n) is 3.20. The van der Waals surface area contributed by atoms with Crippen molar-refractivity contribution in [3.63, 3.8) is 0 Å². The van der Waals surface area contributed by atoms with Crippen LogP contribution in [0.15, 0.2) is 30.3 Å². The van der Waals surface area contributed by atoms with E-state index in [0.29, 0.717) is 17.7 Å². The maximum absolute atomic E-state index is 10.7. The molecule has 6 nitrogen and oxygen atoms in total. The first-order chi connectivity index (χ1) is 9.22. The van der Waals surface area contributed by atoms with Gasteiger partial charge >= 0.3 is 5.97 Å². The van der Waals surface area contributed by atoms with E-state index in [1.807, 2.05) is 18.2 Å². The number of fused-ring (bicyclic) bond motifs is 1. The van der Waals surface area contributed by atoms with Crippen LogP contribution in [0.1, 0.15) is 17.3 Å². The van der Waals surface area contributed by atoms with Crippen molar-refractivity contribution in [1.29, 1.82) is 0 Å². The number of carboxylic acid groups (broad SMARTS) is 1. The summed E-state index contributed by atoms with van der Waals surface area (Å²) in [6.07, 6.45) is -0.141. The molecular weight excluding hydrogens is 244 g/mol. The molecule has 1 aliphatic heterocycles. The zero-order valence-corrected chi connectivity index (χ0v) is 10.3. The van der Waals surface area contributed by atoms with Crippen molar-refractivity contribution in [1.82, 2.24) is 14.8 Å². The maximum atomic E-state index is 10.7. The first kappa shape index (κ1) is 11.7. The lowest BCUT2D eigenvalue weighted by atomic mass is 9.98. The van der Waals surface area contributed by atoms with Crippen molar-refractivity contribution in [2.75, 3.05) is 11.9 Å². The number of rotatable bonds is 3. The molecule has 0 saturated heterocycles. The van der Waals surface area contributed by atoms with Gasteiger partial charge in [0, 0.05) is 12.5 Å². The van der Waals surface area contributed by atoms with Crippen LogP contribution in [0.25, 0.3) is 0 Å². The van der Waals surface area contributed by atoms with E-state index in [1.165, 1.54) is 5.56 Å². The molecular formula is C13H14N4O2. The summed E-state index contributed by atoms with van der Waals surface area (Å²) in [6.45, 7) is 1.51. The van der Waals surface area contributed by atoms with Crippen LogP contribution < -0.4 is 5.32 Å². The highest BCUT2D eigenvalue weighted by Crippen LogP contribution is 2.24. The van der Waals surface area contributed by atoms with Crippen LogP contribution in [0, 0.1) is 0 Å². The number of hydrogen-bond acceptors (Lipinski definition) is 4. The number of nitrogens with one attached hydrogen (secondary N) is 1. The van der Waals surface area contributed by atoms with Crippen molar-refractivity contribution in [2.45, 2.75) is 18.9 Å². The van der Waals surface area contributed by atoms with Crippen molar-refractivity contribution >= 4 is 11.9 Å². The normalized spacial score (nSPS) is 17.6. The fraction of sp³-hybridized carbons (Fsp3) is 0.308. The minimum Gasteiger partial charge on any atom is -0.481 e. The number of benzene rings is 1. The molecule has 1 unspecified atom stereocenters. The summed E-state index contributed by atoms with van der Waals surface area (Å²) in [6, 6.07) is 10.2. The summed E-state index contributed by atoms with van der Waals surface area (Å²) >= 11 is 0. The Labute approximate surface area is 110 Å². The Morgan fingerprint density at radius 3 is 2.95 bits per heavy atom. The van der Waals surface area contributed by atoms with E-state index in [4.69, 9.17) is 5.11 Å². The molecule has 0 spiro atoms. The van der Waals surface area contributed by atoms with Crippen molar-refractivity contribution in [3.05, 3.63) is 41.7 Å². The van der Waals surface area contributed by atoms with Crippen molar-refractivity contribution < 1.29 is 9.90 Å². The van der Waals surface area contributed by atoms with E-state index in [1.54, 1.807) is 4.68 Å². The van der Waals surface area contributed by atoms with E-state index in [0.717, 1.165) is 13.1 Å². The molecule has 1 aliphatic rings. The monoisotopic (exact) mass is 258 g/mol. The molecule has 3 rings (SSSR count). The predicted molar refractivity (Wildman–Crippen MR) is 69.0 cm³/mol. The van der Waals surface area contributed by atoms with E-state index >= 15 is 0 Å². The third-order valence-corrected chi connectivity index (χ3v) is 3.20. The lowest BCUT2D eigenvalue weighted by Gasteiger charge is -2.23. The highest BCUT2D eigenvalue weighted by atomic mass is 16.4. The summed E-state index contributed by atoms with van der Waals surface area (Å²) < 4.78 is 1.75. The second kappa shape index (κ2) is 4.72. The Morgan fingerprint density at radius 2 is 2.21 bits per heavy atom. The van der Waals surface area contributed by atoms with Gasteiger partial charge in [0.2, 0.25) is 5.95 Å². The van der Waals surface area contributed by atoms with Gasteiger partial charge in [-0.05, 0) is 5.56 Å². The van der Waals surface area contributed by atoms with Crippen LogP contribution in [-0.4, -0.2) is 32.4 Å². The summed E-state index contributed by atoms with van der Waals surface area (Å²) in [5, 5.41) is 16.2. The molecule has 98 valence electrons. The van der Waals surface area contributed by atoms with Crippen molar-refractivity contribution in [3.8, 4) is 0 Å². The van der Waals surface area contributed by atoms with Gasteiger partial charge in [-0.1, -0.05) is 30.3 Å². The largest absolute Gasteiger partial charge is 0.481 e. The Morgan fingerprint density at radius 1 is 1.42 bits per heavy atom. The minimum atomic E-state index is -0.914. The molecule has 0 saturated carbocycles. The summed E-state index contributed by atoms with van der Waals surface area (Å²) in [5.41, 5.74) is 1.25. The molecule has 6 heteroatoms. The average molecular weight is 258 g/mol. The molecule has 0 aliphatic carbocycles. The number of aliphatic carboxylic acids is 1. The predicted octanol–water partition coefficient (Wildman–Crippen LogP) is 1.11. The van der Waals surface area contributed by atoms with E-state index in [2.05, 4.69) is 27.5 Å². The zero-order chi connectivity index (χ0) is 13.2. The van der Waals surface area contributed by atoms with E-state index < -0.39 is 5.97 Å². The molecule has 2 aromatic rings. The van der Waals surface area contributed by atoms with Crippen LogP contribution in [-0.2, 0) is 17.8 Å². The first-order valence-electron chi connectivity index (χ1n) is 6.16. The van der Waals surface area contributed by atoms with Gasteiger partial charge in [0.1, 0.15) is 6.42 Å². The van der Waals surface area contributed by atoms with E-state index in [9.17, 15) is 4.79 Å². The number of nitrogens with zero attached hydrogens (tertiary/aromatic N) is 3. The fourth-order valence-corrected chi connectivity index (χ4v) is 2.29. The van der Waals surface area contributed by atoms with Gasteiger partial charge in [-0.2, -0.15) is 10.1 Å². The topological polar surface area (TPSA) is 80.0 Å². The molecule has 1 aromatic heterocycles. The standard InChI is InChI=1S/C13H14N4O2/c18-12(19)6-11-15-13-14-7-10(8-17(13)16-11)9-4-2-1-3-5-9/h1-5,10H,6-8H2,(H,18,19)(H,14,15,16). The average Bonchev–Trinajstić information content (AvgIpc) is 2.79. The lowest BCUT2D eigenvalue weighted by Crippen LogP contribution is -2.26. The lowest BCUT2D eigenvalue weighted by molar-refractivity contribution is -0.136. The first-order valence-corrected chi connectivity index (χ1v) is 6.16. The van der Waals surface area contributed by atoms with Crippen LogP contribution >= 0.6 is 0 Å². The maximum Gasteiger partial charge on any atom is 0.311 e. The number of carbonyl (C=O) groups is 1. The van der Waals surface area contributed by atoms with Crippen LogP contribution in [0.3, 0.4) is 0 Å². The number of carboxylic acids is 1. The number of aromatic nitrogens is 3. The van der Waals surface area contributed by atoms with Gasteiger partial charge in [-0.25, -0.2) is 4.68 Å². The molecule has 0 amide bonds. The minimum absolute atomic E-state index is 0.141. The second-order valence-electron chi connectivity index (χ2n) is 4.59. The summed E-state index contributed by atoms with van der Waals surface area (Å²) in [4.78, 5) is 14.8. The van der Waals surface area contributed by atoms with Gasteiger partial charge in [0.25, 0.3) is 0 Å². The molecule has 1 aromatic carbocycles. The van der Waals surface area contributed by atoms with Gasteiger partial charge < -0.3 is 10.4 Å². The van der Waals surface area contributed by atoms with Gasteiger partial charge in [0.15, 0.2) is 5.82 Å². The highest BCUT2D eigenvalue weighted by molar-refractivity contribution is 5.69. The van der Waals surface area contributed by atoms with E-state index in [-0.39, 0.29) is 6.42 Å². The van der Waals surface area contributed by atoms with Gasteiger partial charge in [-0.15, -0.1) is 0 Å². The Bertz CT molecular complexity index is 594. The van der Waals surface area contributed by atoms with Crippen molar-refractivity contribution in [2.24, 2.45) is 0 Å². The number of hydrogen-bond donors (Lipinski definition) is 2. The molecule has 2 N–H and O–H groups in total. The van der Waals surface area contributed by atoms with Crippen LogP contribution in [0.5, 0.6) is 0 Å². The van der Waals surface area contributed by atoms with Crippen LogP contribution in [0.2, 0.25) is 0 Å². The SMILES string of the molecule is O=C(O)Cc1nc2n(n1)CC(c1ccccc1)CN2. The smallest absolute Gasteiger partial charge is 0.311 e. The molecule has 19 heavy (non-hydrogen) atoms. The van der Waals surface area contributed by atoms with Gasteiger partial charge in [-0.3, -0.25) is 4.79 Å².